The largest absolute Gasteiger partial charge is 0.454 e. The van der Waals surface area contributed by atoms with Gasteiger partial charge in [-0.05, 0) is 38.1 Å². The Kier molecular flexibility index (Phi) is 3.35. The molecular weight excluding hydrogens is 216 g/mol. The van der Waals surface area contributed by atoms with Gasteiger partial charge in [-0.2, -0.15) is 0 Å². The average molecular weight is 230 g/mol. The third-order valence-electron chi connectivity index (χ3n) is 2.37. The number of nitrogens with zero attached hydrogens (tertiary/aromatic N) is 2. The Bertz CT molecular complexity index is 495. The number of aryl methyl sites for hydroxylation is 1. The molecule has 0 aliphatic carbocycles. The summed E-state index contributed by atoms with van der Waals surface area (Å²) >= 11 is 0. The third kappa shape index (κ3) is 2.79. The van der Waals surface area contributed by atoms with E-state index in [2.05, 4.69) is 9.97 Å². The lowest BCUT2D eigenvalue weighted by Crippen LogP contribution is -1.95. The quantitative estimate of drug-likeness (QED) is 0.880. The summed E-state index contributed by atoms with van der Waals surface area (Å²) in [6.45, 7) is 3.56. The Labute approximate surface area is 99.9 Å². The van der Waals surface area contributed by atoms with Gasteiger partial charge in [0, 0.05) is 6.20 Å². The summed E-state index contributed by atoms with van der Waals surface area (Å²) < 4.78 is 5.64. The first kappa shape index (κ1) is 11.5. The van der Waals surface area contributed by atoms with Crippen LogP contribution in [0.4, 0.5) is 0 Å². The number of pyridine rings is 2. The summed E-state index contributed by atoms with van der Waals surface area (Å²) in [5.74, 6) is 1.34. The number of hydrogen-bond acceptors (Lipinski definition) is 4. The van der Waals surface area contributed by atoms with Crippen LogP contribution in [0, 0.1) is 6.92 Å². The Hall–Kier alpha value is -1.94. The van der Waals surface area contributed by atoms with Gasteiger partial charge in [0.15, 0.2) is 0 Å². The van der Waals surface area contributed by atoms with E-state index in [0.29, 0.717) is 17.2 Å². The van der Waals surface area contributed by atoms with Crippen LogP contribution in [0.1, 0.15) is 24.4 Å². The maximum Gasteiger partial charge on any atom is 0.148 e. The first-order chi connectivity index (χ1) is 8.16. The highest BCUT2D eigenvalue weighted by Crippen LogP contribution is 2.23. The molecule has 2 heterocycles. The van der Waals surface area contributed by atoms with Crippen LogP contribution in [0.5, 0.6) is 11.5 Å². The van der Waals surface area contributed by atoms with Crippen molar-refractivity contribution in [1.82, 2.24) is 9.97 Å². The van der Waals surface area contributed by atoms with Crippen LogP contribution in [0.2, 0.25) is 0 Å². The molecule has 2 aromatic rings. The molecule has 2 rings (SSSR count). The van der Waals surface area contributed by atoms with Gasteiger partial charge in [-0.1, -0.05) is 0 Å². The molecule has 0 aromatic carbocycles. The minimum atomic E-state index is -0.566. The highest BCUT2D eigenvalue weighted by molar-refractivity contribution is 5.32. The molecule has 88 valence electrons. The van der Waals surface area contributed by atoms with Crippen molar-refractivity contribution in [2.75, 3.05) is 0 Å². The average Bonchev–Trinajstić information content (AvgIpc) is 2.33. The minimum absolute atomic E-state index is 0.566. The van der Waals surface area contributed by atoms with Crippen molar-refractivity contribution >= 4 is 0 Å². The first-order valence-electron chi connectivity index (χ1n) is 5.40. The van der Waals surface area contributed by atoms with Crippen LogP contribution < -0.4 is 4.74 Å². The van der Waals surface area contributed by atoms with Gasteiger partial charge < -0.3 is 9.84 Å². The van der Waals surface area contributed by atoms with Crippen LogP contribution >= 0.6 is 0 Å². The van der Waals surface area contributed by atoms with Crippen molar-refractivity contribution in [2.45, 2.75) is 20.0 Å². The fourth-order valence-corrected chi connectivity index (χ4v) is 1.40. The van der Waals surface area contributed by atoms with Crippen LogP contribution in [-0.2, 0) is 0 Å². The van der Waals surface area contributed by atoms with Gasteiger partial charge >= 0.3 is 0 Å². The monoisotopic (exact) mass is 230 g/mol. The lowest BCUT2D eigenvalue weighted by molar-refractivity contribution is 0.194. The predicted molar refractivity (Wildman–Crippen MR) is 63.9 cm³/mol. The molecule has 17 heavy (non-hydrogen) atoms. The third-order valence-corrected chi connectivity index (χ3v) is 2.37. The molecule has 1 atom stereocenters. The molecule has 0 fully saturated rings. The fraction of sp³-hybridized carbons (Fsp3) is 0.231. The Balaban J connectivity index is 2.17. The predicted octanol–water partition coefficient (Wildman–Crippen LogP) is 2.63. The zero-order chi connectivity index (χ0) is 12.3. The lowest BCUT2D eigenvalue weighted by atomic mass is 10.2. The molecule has 0 spiro atoms. The minimum Gasteiger partial charge on any atom is -0.454 e. The SMILES string of the molecule is Cc1ncccc1Oc1ccc(C(C)O)nc1. The standard InChI is InChI=1S/C13H14N2O2/c1-9-13(4-3-7-14-9)17-11-5-6-12(10(2)16)15-8-11/h3-8,10,16H,1-2H3. The highest BCUT2D eigenvalue weighted by Gasteiger charge is 2.04. The maximum absolute atomic E-state index is 9.34. The molecule has 2 aromatic heterocycles. The summed E-state index contributed by atoms with van der Waals surface area (Å²) in [5, 5.41) is 9.34. The summed E-state index contributed by atoms with van der Waals surface area (Å²) in [4.78, 5) is 8.24. The molecule has 4 heteroatoms. The maximum atomic E-state index is 9.34. The molecule has 1 unspecified atom stereocenters. The summed E-state index contributed by atoms with van der Waals surface area (Å²) in [6, 6.07) is 7.19. The van der Waals surface area contributed by atoms with Crippen molar-refractivity contribution in [3.63, 3.8) is 0 Å². The molecule has 1 N–H and O–H groups in total. The van der Waals surface area contributed by atoms with E-state index < -0.39 is 6.10 Å². The number of aliphatic hydroxyl groups is 1. The summed E-state index contributed by atoms with van der Waals surface area (Å²) in [5.41, 5.74) is 1.45. The second-order valence-electron chi connectivity index (χ2n) is 3.78. The van der Waals surface area contributed by atoms with Gasteiger partial charge in [0.05, 0.1) is 23.7 Å². The normalized spacial score (nSPS) is 12.2. The van der Waals surface area contributed by atoms with E-state index in [1.807, 2.05) is 19.1 Å². The van der Waals surface area contributed by atoms with E-state index in [1.54, 1.807) is 31.5 Å². The number of ether oxygens (including phenoxy) is 1. The molecule has 0 amide bonds. The number of rotatable bonds is 3. The van der Waals surface area contributed by atoms with E-state index in [1.165, 1.54) is 0 Å². The molecule has 0 aliphatic rings. The Morgan fingerprint density at radius 2 is 2.06 bits per heavy atom. The molecule has 0 saturated carbocycles. The number of aromatic nitrogens is 2. The van der Waals surface area contributed by atoms with E-state index in [-0.39, 0.29) is 0 Å². The van der Waals surface area contributed by atoms with Crippen LogP contribution in [0.25, 0.3) is 0 Å². The number of hydrogen-bond donors (Lipinski definition) is 1. The Morgan fingerprint density at radius 1 is 1.24 bits per heavy atom. The van der Waals surface area contributed by atoms with Gasteiger partial charge in [0.25, 0.3) is 0 Å². The van der Waals surface area contributed by atoms with Crippen molar-refractivity contribution in [1.29, 1.82) is 0 Å². The summed E-state index contributed by atoms with van der Waals surface area (Å²) in [7, 11) is 0. The van der Waals surface area contributed by atoms with E-state index in [9.17, 15) is 5.11 Å². The van der Waals surface area contributed by atoms with Gasteiger partial charge in [-0.3, -0.25) is 9.97 Å². The molecule has 4 nitrogen and oxygen atoms in total. The van der Waals surface area contributed by atoms with Gasteiger partial charge in [-0.25, -0.2) is 0 Å². The number of aliphatic hydroxyl groups excluding tert-OH is 1. The van der Waals surface area contributed by atoms with Gasteiger partial charge in [0.2, 0.25) is 0 Å². The molecule has 0 radical (unpaired) electrons. The zero-order valence-electron chi connectivity index (χ0n) is 9.79. The molecular formula is C13H14N2O2. The van der Waals surface area contributed by atoms with E-state index in [4.69, 9.17) is 4.74 Å². The van der Waals surface area contributed by atoms with Gasteiger partial charge in [-0.15, -0.1) is 0 Å². The lowest BCUT2D eigenvalue weighted by Gasteiger charge is -2.08. The van der Waals surface area contributed by atoms with Gasteiger partial charge in [0.1, 0.15) is 11.5 Å². The van der Waals surface area contributed by atoms with Crippen molar-refractivity contribution in [3.8, 4) is 11.5 Å². The topological polar surface area (TPSA) is 55.2 Å². The molecule has 0 saturated heterocycles. The molecule has 0 aliphatic heterocycles. The fourth-order valence-electron chi connectivity index (χ4n) is 1.40. The van der Waals surface area contributed by atoms with E-state index >= 15 is 0 Å². The summed E-state index contributed by atoms with van der Waals surface area (Å²) in [6.07, 6.45) is 2.75. The van der Waals surface area contributed by atoms with Crippen molar-refractivity contribution < 1.29 is 9.84 Å². The van der Waals surface area contributed by atoms with Crippen molar-refractivity contribution in [2.24, 2.45) is 0 Å². The zero-order valence-corrected chi connectivity index (χ0v) is 9.79. The first-order valence-corrected chi connectivity index (χ1v) is 5.40. The van der Waals surface area contributed by atoms with Crippen LogP contribution in [-0.4, -0.2) is 15.1 Å². The van der Waals surface area contributed by atoms with Crippen LogP contribution in [0.15, 0.2) is 36.7 Å². The van der Waals surface area contributed by atoms with E-state index in [0.717, 1.165) is 5.69 Å². The molecule has 0 bridgehead atoms. The van der Waals surface area contributed by atoms with Crippen LogP contribution in [0.3, 0.4) is 0 Å². The second kappa shape index (κ2) is 4.93. The smallest absolute Gasteiger partial charge is 0.148 e. The second-order valence-corrected chi connectivity index (χ2v) is 3.78. The Morgan fingerprint density at radius 3 is 2.65 bits per heavy atom. The highest BCUT2D eigenvalue weighted by atomic mass is 16.5. The van der Waals surface area contributed by atoms with Crippen molar-refractivity contribution in [3.05, 3.63) is 48.0 Å².